The molecule has 0 aromatic rings. The van der Waals surface area contributed by atoms with Crippen LogP contribution >= 0.6 is 0 Å². The Hall–Kier alpha value is 0.434. The molecule has 0 amide bonds. The van der Waals surface area contributed by atoms with E-state index in [4.69, 9.17) is 0 Å². The summed E-state index contributed by atoms with van der Waals surface area (Å²) in [5.74, 6) is 0. The van der Waals surface area contributed by atoms with Crippen molar-refractivity contribution in [3.63, 3.8) is 0 Å². The first kappa shape index (κ1) is 12.4. The lowest BCUT2D eigenvalue weighted by atomic mass is 10.4. The molecule has 12 heavy (non-hydrogen) atoms. The molecule has 0 saturated carbocycles. The van der Waals surface area contributed by atoms with E-state index in [9.17, 15) is 0 Å². The normalized spacial score (nSPS) is 14.0. The monoisotopic (exact) mass is 201 g/mol. The second-order valence-corrected chi connectivity index (χ2v) is 17.4. The topological polar surface area (TPSA) is 0 Å². The summed E-state index contributed by atoms with van der Waals surface area (Å²) >= 11 is 0. The zero-order chi connectivity index (χ0) is 9.99. The molecule has 1 radical (unpaired) electrons. The van der Waals surface area contributed by atoms with E-state index in [0.29, 0.717) is 0 Å². The third kappa shape index (κ3) is 3.90. The van der Waals surface area contributed by atoms with Crippen molar-refractivity contribution < 1.29 is 0 Å². The molecular formula is C10H25Si2. The van der Waals surface area contributed by atoms with Crippen molar-refractivity contribution in [2.45, 2.75) is 57.3 Å². The number of hydrogen-bond donors (Lipinski definition) is 0. The molecule has 0 fully saturated rings. The summed E-state index contributed by atoms with van der Waals surface area (Å²) in [5, 5.41) is 1.04. The van der Waals surface area contributed by atoms with Crippen LogP contribution in [-0.4, -0.2) is 16.1 Å². The second-order valence-electron chi connectivity index (χ2n) is 5.93. The molecule has 0 aromatic heterocycles. The van der Waals surface area contributed by atoms with Gasteiger partial charge < -0.3 is 0 Å². The fourth-order valence-electron chi connectivity index (χ4n) is 2.37. The van der Waals surface area contributed by atoms with Gasteiger partial charge in [0.1, 0.15) is 0 Å². The average Bonchev–Trinajstić information content (AvgIpc) is 1.77. The van der Waals surface area contributed by atoms with Gasteiger partial charge in [-0.15, -0.1) is 0 Å². The van der Waals surface area contributed by atoms with E-state index in [-0.39, 0.29) is 0 Å². The van der Waals surface area contributed by atoms with Crippen LogP contribution in [0.4, 0.5) is 0 Å². The molecule has 0 saturated heterocycles. The fourth-order valence-corrected chi connectivity index (χ4v) is 14.9. The van der Waals surface area contributed by atoms with Crippen molar-refractivity contribution in [3.05, 3.63) is 6.92 Å². The van der Waals surface area contributed by atoms with Crippen LogP contribution in [0, 0.1) is 6.92 Å². The molecular weight excluding hydrogens is 176 g/mol. The molecule has 0 aliphatic carbocycles. The summed E-state index contributed by atoms with van der Waals surface area (Å²) in [6.07, 6.45) is 2.49. The second kappa shape index (κ2) is 4.10. The Balaban J connectivity index is 4.45. The van der Waals surface area contributed by atoms with E-state index in [0.717, 1.165) is 11.6 Å². The first-order valence-electron chi connectivity index (χ1n) is 4.99. The Kier molecular flexibility index (Phi) is 4.24. The van der Waals surface area contributed by atoms with Crippen LogP contribution in [0.15, 0.2) is 0 Å². The molecule has 0 nitrogen and oxygen atoms in total. The van der Waals surface area contributed by atoms with Gasteiger partial charge in [-0.05, 0) is 0 Å². The first-order chi connectivity index (χ1) is 5.19. The minimum absolute atomic E-state index is 0.921. The lowest BCUT2D eigenvalue weighted by molar-refractivity contribution is 0.863. The number of hydrogen-bond acceptors (Lipinski definition) is 0. The van der Waals surface area contributed by atoms with Crippen molar-refractivity contribution in [3.8, 4) is 0 Å². The van der Waals surface area contributed by atoms with Gasteiger partial charge in [0.2, 0.25) is 0 Å². The van der Waals surface area contributed by atoms with E-state index in [1.807, 2.05) is 0 Å². The van der Waals surface area contributed by atoms with Gasteiger partial charge in [0.15, 0.2) is 0 Å². The minimum Gasteiger partial charge on any atom is -0.0696 e. The maximum Gasteiger partial charge on any atom is 0.0447 e. The van der Waals surface area contributed by atoms with Crippen LogP contribution in [-0.2, 0) is 0 Å². The van der Waals surface area contributed by atoms with Crippen LogP contribution in [0.2, 0.25) is 44.4 Å². The molecule has 0 aliphatic heterocycles. The van der Waals surface area contributed by atoms with Crippen molar-refractivity contribution >= 4 is 16.1 Å². The lowest BCUT2D eigenvalue weighted by Gasteiger charge is -2.38. The summed E-state index contributed by atoms with van der Waals surface area (Å²) in [7, 11) is -1.84. The highest BCUT2D eigenvalue weighted by atomic mass is 28.4. The summed E-state index contributed by atoms with van der Waals surface area (Å²) in [6, 6.07) is 0. The molecule has 0 N–H and O–H groups in total. The van der Waals surface area contributed by atoms with E-state index >= 15 is 0 Å². The molecule has 0 aromatic carbocycles. The summed E-state index contributed by atoms with van der Waals surface area (Å²) in [5.41, 5.74) is 0. The molecule has 0 unspecified atom stereocenters. The first-order valence-corrected chi connectivity index (χ1v) is 12.1. The molecule has 0 spiro atoms. The Bertz CT molecular complexity index is 114. The highest BCUT2D eigenvalue weighted by Gasteiger charge is 2.36. The van der Waals surface area contributed by atoms with Crippen LogP contribution in [0.5, 0.6) is 0 Å². The molecule has 0 aliphatic rings. The molecule has 0 bridgehead atoms. The number of rotatable bonds is 4. The predicted molar refractivity (Wildman–Crippen MR) is 65.0 cm³/mol. The Morgan fingerprint density at radius 2 is 1.25 bits per heavy atom. The molecule has 0 atom stereocenters. The van der Waals surface area contributed by atoms with E-state index in [1.165, 1.54) is 6.42 Å². The third-order valence-electron chi connectivity index (χ3n) is 2.58. The summed E-state index contributed by atoms with van der Waals surface area (Å²) < 4.78 is 0. The van der Waals surface area contributed by atoms with Crippen molar-refractivity contribution in [2.75, 3.05) is 0 Å². The van der Waals surface area contributed by atoms with Crippen LogP contribution in [0.25, 0.3) is 0 Å². The zero-order valence-corrected chi connectivity index (χ0v) is 11.7. The quantitative estimate of drug-likeness (QED) is 0.599. The summed E-state index contributed by atoms with van der Waals surface area (Å²) in [4.78, 5) is 0. The highest BCUT2D eigenvalue weighted by molar-refractivity contribution is 6.96. The van der Waals surface area contributed by atoms with Gasteiger partial charge in [-0.25, -0.2) is 0 Å². The van der Waals surface area contributed by atoms with E-state index in [2.05, 4.69) is 46.2 Å². The Morgan fingerprint density at radius 3 is 1.33 bits per heavy atom. The van der Waals surface area contributed by atoms with Gasteiger partial charge in [0.25, 0.3) is 0 Å². The SMILES string of the molecule is [CH2]CCC([Si](C)(C)C)[Si](C)(C)C. The predicted octanol–water partition coefficient (Wildman–Crippen LogP) is 4.19. The van der Waals surface area contributed by atoms with Gasteiger partial charge in [-0.2, -0.15) is 0 Å². The Labute approximate surface area is 80.8 Å². The van der Waals surface area contributed by atoms with Crippen LogP contribution in [0.1, 0.15) is 12.8 Å². The van der Waals surface area contributed by atoms with Gasteiger partial charge in [-0.1, -0.05) is 64.2 Å². The minimum atomic E-state index is -0.921. The smallest absolute Gasteiger partial charge is 0.0447 e. The van der Waals surface area contributed by atoms with E-state index < -0.39 is 16.1 Å². The molecule has 0 rings (SSSR count). The van der Waals surface area contributed by atoms with Crippen molar-refractivity contribution in [2.24, 2.45) is 0 Å². The van der Waals surface area contributed by atoms with E-state index in [1.54, 1.807) is 0 Å². The maximum absolute atomic E-state index is 4.00. The van der Waals surface area contributed by atoms with Gasteiger partial charge in [0, 0.05) is 16.1 Å². The van der Waals surface area contributed by atoms with Crippen LogP contribution < -0.4 is 0 Å². The Morgan fingerprint density at radius 1 is 0.917 bits per heavy atom. The fraction of sp³-hybridized carbons (Fsp3) is 0.900. The average molecular weight is 201 g/mol. The largest absolute Gasteiger partial charge is 0.0696 e. The standard InChI is InChI=1S/C10H25Si2/c1-8-9-10(11(2,3)4)12(5,6)7/h10H,1,8-9H2,2-7H3. The van der Waals surface area contributed by atoms with Crippen LogP contribution in [0.3, 0.4) is 0 Å². The highest BCUT2D eigenvalue weighted by Crippen LogP contribution is 2.35. The van der Waals surface area contributed by atoms with Crippen molar-refractivity contribution in [1.29, 1.82) is 0 Å². The zero-order valence-electron chi connectivity index (χ0n) is 9.70. The molecule has 2 heteroatoms. The van der Waals surface area contributed by atoms with Crippen molar-refractivity contribution in [1.82, 2.24) is 0 Å². The van der Waals surface area contributed by atoms with Gasteiger partial charge in [0.05, 0.1) is 0 Å². The summed E-state index contributed by atoms with van der Waals surface area (Å²) in [6.45, 7) is 19.0. The molecule has 0 heterocycles. The molecule has 73 valence electrons. The maximum atomic E-state index is 4.00. The lowest BCUT2D eigenvalue weighted by Crippen LogP contribution is -2.43. The van der Waals surface area contributed by atoms with Gasteiger partial charge in [-0.3, -0.25) is 0 Å². The third-order valence-corrected chi connectivity index (χ3v) is 12.5. The van der Waals surface area contributed by atoms with Gasteiger partial charge >= 0.3 is 0 Å².